The number of aliphatic hydroxyl groups is 1. The van der Waals surface area contributed by atoms with Crippen molar-refractivity contribution < 1.29 is 14.6 Å². The van der Waals surface area contributed by atoms with E-state index in [1.165, 1.54) is 5.56 Å². The van der Waals surface area contributed by atoms with Crippen LogP contribution < -0.4 is 9.64 Å². The van der Waals surface area contributed by atoms with Crippen LogP contribution in [0.4, 0.5) is 5.69 Å². The van der Waals surface area contributed by atoms with Crippen LogP contribution in [0, 0.1) is 0 Å². The Balaban J connectivity index is 1.40. The van der Waals surface area contributed by atoms with Crippen molar-refractivity contribution in [3.8, 4) is 5.75 Å². The van der Waals surface area contributed by atoms with Crippen molar-refractivity contribution in [1.29, 1.82) is 0 Å². The number of carbonyl (C=O) groups is 1. The van der Waals surface area contributed by atoms with Crippen LogP contribution in [0.25, 0.3) is 0 Å². The number of likely N-dealkylation sites (tertiary alicyclic amines) is 1. The monoisotopic (exact) mass is 467 g/mol. The average molecular weight is 468 g/mol. The molecule has 2 aromatic carbocycles. The highest BCUT2D eigenvalue weighted by molar-refractivity contribution is 5.93. The number of hydrogen-bond acceptors (Lipinski definition) is 5. The van der Waals surface area contributed by atoms with E-state index in [1.54, 1.807) is 19.0 Å². The molecule has 1 saturated heterocycles. The summed E-state index contributed by atoms with van der Waals surface area (Å²) in [5, 5.41) is 11.1. The van der Waals surface area contributed by atoms with Crippen LogP contribution in [-0.2, 0) is 6.42 Å². The van der Waals surface area contributed by atoms with Gasteiger partial charge in [0.1, 0.15) is 5.75 Å². The number of amides is 1. The van der Waals surface area contributed by atoms with Gasteiger partial charge in [-0.25, -0.2) is 0 Å². The number of hydrogen-bond donors (Lipinski definition) is 1. The molecule has 0 aromatic heterocycles. The normalized spacial score (nSPS) is 15.9. The van der Waals surface area contributed by atoms with Gasteiger partial charge in [0.15, 0.2) is 0 Å². The minimum Gasteiger partial charge on any atom is -0.491 e. The van der Waals surface area contributed by atoms with E-state index in [2.05, 4.69) is 29.0 Å². The molecule has 1 amide bonds. The largest absolute Gasteiger partial charge is 0.491 e. The van der Waals surface area contributed by atoms with Gasteiger partial charge in [0.05, 0.1) is 11.7 Å². The van der Waals surface area contributed by atoms with Crippen LogP contribution in [0.3, 0.4) is 0 Å². The highest BCUT2D eigenvalue weighted by Gasteiger charge is 2.32. The first-order chi connectivity index (χ1) is 16.1. The Morgan fingerprint density at radius 1 is 1.03 bits per heavy atom. The van der Waals surface area contributed by atoms with Crippen molar-refractivity contribution in [2.45, 2.75) is 51.2 Å². The van der Waals surface area contributed by atoms with Crippen molar-refractivity contribution >= 4 is 11.6 Å². The number of carbonyl (C=O) groups excluding carboxylic acids is 1. The summed E-state index contributed by atoms with van der Waals surface area (Å²) < 4.78 is 5.72. The van der Waals surface area contributed by atoms with Gasteiger partial charge in [-0.3, -0.25) is 4.79 Å². The first-order valence-corrected chi connectivity index (χ1v) is 12.4. The minimum atomic E-state index is -0.598. The minimum absolute atomic E-state index is 0.0321. The van der Waals surface area contributed by atoms with Crippen LogP contribution in [0.2, 0.25) is 0 Å². The molecule has 0 atom stereocenters. The molecule has 34 heavy (non-hydrogen) atoms. The Hall–Kier alpha value is -2.57. The summed E-state index contributed by atoms with van der Waals surface area (Å²) in [5.41, 5.74) is 2.50. The van der Waals surface area contributed by atoms with E-state index in [-0.39, 0.29) is 12.0 Å². The summed E-state index contributed by atoms with van der Waals surface area (Å²) in [4.78, 5) is 18.3. The smallest absolute Gasteiger partial charge is 0.253 e. The van der Waals surface area contributed by atoms with Crippen molar-refractivity contribution in [3.05, 3.63) is 59.7 Å². The predicted molar refractivity (Wildman–Crippen MR) is 139 cm³/mol. The summed E-state index contributed by atoms with van der Waals surface area (Å²) in [6, 6.07) is 16.1. The second-order valence-corrected chi connectivity index (χ2v) is 10.0. The molecule has 0 spiro atoms. The van der Waals surface area contributed by atoms with Gasteiger partial charge in [0, 0.05) is 58.6 Å². The molecular weight excluding hydrogens is 426 g/mol. The molecule has 0 aliphatic carbocycles. The molecule has 1 N–H and O–H groups in total. The van der Waals surface area contributed by atoms with Gasteiger partial charge in [0.2, 0.25) is 0 Å². The summed E-state index contributed by atoms with van der Waals surface area (Å²) in [7, 11) is 5.62. The van der Waals surface area contributed by atoms with Gasteiger partial charge in [-0.05, 0) is 81.5 Å². The van der Waals surface area contributed by atoms with Gasteiger partial charge in [-0.15, -0.1) is 0 Å². The maximum atomic E-state index is 12.0. The molecule has 2 aromatic rings. The molecule has 3 rings (SSSR count). The van der Waals surface area contributed by atoms with Crippen LogP contribution in [0.5, 0.6) is 5.75 Å². The fraction of sp³-hybridized carbons (Fsp3) is 0.536. The summed E-state index contributed by atoms with van der Waals surface area (Å²) >= 11 is 0. The Kier molecular flexibility index (Phi) is 8.97. The molecule has 0 saturated carbocycles. The van der Waals surface area contributed by atoms with E-state index in [9.17, 15) is 9.90 Å². The van der Waals surface area contributed by atoms with Crippen LogP contribution >= 0.6 is 0 Å². The standard InChI is InChI=1S/C28H41N3O3/c1-22(2)34-26-12-10-25(11-13-26)30(5)19-15-28(33)16-20-31(21-17-28)18-14-23-6-8-24(9-7-23)27(32)29(3)4/h6-13,22,33H,14-21H2,1-5H3. The van der Waals surface area contributed by atoms with E-state index >= 15 is 0 Å². The Morgan fingerprint density at radius 3 is 2.21 bits per heavy atom. The number of piperidine rings is 1. The first kappa shape index (κ1) is 26.0. The molecule has 1 heterocycles. The third kappa shape index (κ3) is 7.47. The second kappa shape index (κ2) is 11.7. The van der Waals surface area contributed by atoms with Gasteiger partial charge in [-0.1, -0.05) is 12.1 Å². The predicted octanol–water partition coefficient (Wildman–Crippen LogP) is 4.07. The first-order valence-electron chi connectivity index (χ1n) is 12.4. The molecule has 0 unspecified atom stereocenters. The second-order valence-electron chi connectivity index (χ2n) is 10.0. The lowest BCUT2D eigenvalue weighted by molar-refractivity contribution is -0.0254. The number of nitrogens with zero attached hydrogens (tertiary/aromatic N) is 3. The van der Waals surface area contributed by atoms with Crippen molar-refractivity contribution in [2.24, 2.45) is 0 Å². The van der Waals surface area contributed by atoms with Gasteiger partial charge < -0.3 is 24.5 Å². The number of anilines is 1. The molecule has 1 fully saturated rings. The zero-order valence-electron chi connectivity index (χ0n) is 21.5. The van der Waals surface area contributed by atoms with Crippen LogP contribution in [-0.4, -0.2) is 79.8 Å². The zero-order chi connectivity index (χ0) is 24.7. The molecular formula is C28H41N3O3. The molecule has 186 valence electrons. The van der Waals surface area contributed by atoms with Crippen molar-refractivity contribution in [2.75, 3.05) is 52.2 Å². The van der Waals surface area contributed by atoms with Crippen LogP contribution in [0.1, 0.15) is 49.0 Å². The maximum absolute atomic E-state index is 12.0. The Bertz CT molecular complexity index is 901. The Morgan fingerprint density at radius 2 is 1.65 bits per heavy atom. The van der Waals surface area contributed by atoms with E-state index in [4.69, 9.17) is 4.74 Å². The molecule has 6 nitrogen and oxygen atoms in total. The molecule has 0 radical (unpaired) electrons. The third-order valence-corrected chi connectivity index (χ3v) is 6.67. The lowest BCUT2D eigenvalue weighted by atomic mass is 9.88. The number of rotatable bonds is 10. The summed E-state index contributed by atoms with van der Waals surface area (Å²) in [5.74, 6) is 0.917. The molecule has 1 aliphatic rings. The SMILES string of the molecule is CC(C)Oc1ccc(N(C)CCC2(O)CCN(CCc3ccc(C(=O)N(C)C)cc3)CC2)cc1. The van der Waals surface area contributed by atoms with Crippen molar-refractivity contribution in [3.63, 3.8) is 0 Å². The maximum Gasteiger partial charge on any atom is 0.253 e. The van der Waals surface area contributed by atoms with E-state index in [0.29, 0.717) is 0 Å². The Labute approximate surface area is 205 Å². The van der Waals surface area contributed by atoms with Crippen LogP contribution in [0.15, 0.2) is 48.5 Å². The molecule has 1 aliphatic heterocycles. The van der Waals surface area contributed by atoms with Gasteiger partial charge in [0.25, 0.3) is 5.91 Å². The number of benzene rings is 2. The van der Waals surface area contributed by atoms with Crippen molar-refractivity contribution in [1.82, 2.24) is 9.80 Å². The third-order valence-electron chi connectivity index (χ3n) is 6.67. The summed E-state index contributed by atoms with van der Waals surface area (Å²) in [6.45, 7) is 7.68. The average Bonchev–Trinajstić information content (AvgIpc) is 2.82. The fourth-order valence-corrected chi connectivity index (χ4v) is 4.36. The molecule has 0 bridgehead atoms. The quantitative estimate of drug-likeness (QED) is 0.571. The number of ether oxygens (including phenoxy) is 1. The highest BCUT2D eigenvalue weighted by Crippen LogP contribution is 2.27. The highest BCUT2D eigenvalue weighted by atomic mass is 16.5. The van der Waals surface area contributed by atoms with E-state index in [1.807, 2.05) is 50.2 Å². The van der Waals surface area contributed by atoms with Gasteiger partial charge in [-0.2, -0.15) is 0 Å². The fourth-order valence-electron chi connectivity index (χ4n) is 4.36. The topological polar surface area (TPSA) is 56.3 Å². The lowest BCUT2D eigenvalue weighted by Crippen LogP contribution is -2.46. The lowest BCUT2D eigenvalue weighted by Gasteiger charge is -2.39. The van der Waals surface area contributed by atoms with E-state index in [0.717, 1.165) is 68.9 Å². The van der Waals surface area contributed by atoms with E-state index < -0.39 is 5.60 Å². The molecule has 6 heteroatoms. The summed E-state index contributed by atoms with van der Waals surface area (Å²) in [6.07, 6.45) is 3.50. The van der Waals surface area contributed by atoms with Gasteiger partial charge >= 0.3 is 0 Å². The zero-order valence-corrected chi connectivity index (χ0v) is 21.5.